The van der Waals surface area contributed by atoms with E-state index in [1.54, 1.807) is 18.6 Å². The summed E-state index contributed by atoms with van der Waals surface area (Å²) >= 11 is 0. The molecule has 7 heteroatoms. The van der Waals surface area contributed by atoms with Crippen LogP contribution in [0.4, 0.5) is 10.6 Å². The molecule has 2 atom stereocenters. The lowest BCUT2D eigenvalue weighted by Crippen LogP contribution is -2.39. The summed E-state index contributed by atoms with van der Waals surface area (Å²) in [6.07, 6.45) is 8.46. The SMILES string of the molecule is Cc1cc(-n2ncc3cc(NC(=O)N[C@H]4CCC[C@H]4c4ccccc4)ncc32)ccn1. The van der Waals surface area contributed by atoms with E-state index in [4.69, 9.17) is 0 Å². The number of pyridine rings is 2. The molecule has 1 aliphatic rings. The lowest BCUT2D eigenvalue weighted by atomic mass is 9.94. The first kappa shape index (κ1) is 19.2. The number of aryl methyl sites for hydroxylation is 1. The zero-order valence-corrected chi connectivity index (χ0v) is 17.3. The zero-order valence-electron chi connectivity index (χ0n) is 17.3. The van der Waals surface area contributed by atoms with E-state index >= 15 is 0 Å². The molecule has 0 spiro atoms. The van der Waals surface area contributed by atoms with Crippen LogP contribution in [0.1, 0.15) is 36.4 Å². The van der Waals surface area contributed by atoms with Crippen molar-refractivity contribution in [3.8, 4) is 5.69 Å². The summed E-state index contributed by atoms with van der Waals surface area (Å²) in [5, 5.41) is 11.4. The van der Waals surface area contributed by atoms with Crippen molar-refractivity contribution in [3.63, 3.8) is 0 Å². The zero-order chi connectivity index (χ0) is 21.2. The average Bonchev–Trinajstić information content (AvgIpc) is 3.41. The van der Waals surface area contributed by atoms with Crippen LogP contribution in [0.3, 0.4) is 0 Å². The molecule has 5 rings (SSSR count). The van der Waals surface area contributed by atoms with Crippen molar-refractivity contribution in [2.75, 3.05) is 5.32 Å². The Morgan fingerprint density at radius 3 is 2.77 bits per heavy atom. The van der Waals surface area contributed by atoms with Crippen LogP contribution in [0.5, 0.6) is 0 Å². The lowest BCUT2D eigenvalue weighted by Gasteiger charge is -2.21. The Morgan fingerprint density at radius 2 is 1.94 bits per heavy atom. The third-order valence-corrected chi connectivity index (χ3v) is 5.88. The fraction of sp³-hybridized carbons (Fsp3) is 0.250. The van der Waals surface area contributed by atoms with Crippen LogP contribution in [0, 0.1) is 6.92 Å². The van der Waals surface area contributed by atoms with Crippen molar-refractivity contribution in [1.82, 2.24) is 25.1 Å². The molecule has 0 bridgehead atoms. The number of nitrogens with one attached hydrogen (secondary N) is 2. The van der Waals surface area contributed by atoms with E-state index in [0.29, 0.717) is 11.7 Å². The highest BCUT2D eigenvalue weighted by Gasteiger charge is 2.29. The number of amides is 2. The molecule has 0 radical (unpaired) electrons. The second kappa shape index (κ2) is 8.18. The number of urea groups is 1. The number of carbonyl (C=O) groups is 1. The average molecular weight is 412 g/mol. The maximum atomic E-state index is 12.7. The highest BCUT2D eigenvalue weighted by molar-refractivity contribution is 5.91. The molecular formula is C24H24N6O. The van der Waals surface area contributed by atoms with Gasteiger partial charge in [0.2, 0.25) is 0 Å². The van der Waals surface area contributed by atoms with E-state index < -0.39 is 0 Å². The van der Waals surface area contributed by atoms with Crippen LogP contribution in [-0.2, 0) is 0 Å². The highest BCUT2D eigenvalue weighted by Crippen LogP contribution is 2.34. The molecule has 1 fully saturated rings. The van der Waals surface area contributed by atoms with Crippen LogP contribution >= 0.6 is 0 Å². The van der Waals surface area contributed by atoms with Crippen LogP contribution < -0.4 is 10.6 Å². The molecule has 7 nitrogen and oxygen atoms in total. The minimum atomic E-state index is -0.225. The quantitative estimate of drug-likeness (QED) is 0.514. The molecule has 1 saturated carbocycles. The third kappa shape index (κ3) is 3.99. The van der Waals surface area contributed by atoms with Gasteiger partial charge in [-0.2, -0.15) is 5.10 Å². The Balaban J connectivity index is 1.30. The number of anilines is 1. The van der Waals surface area contributed by atoms with Crippen molar-refractivity contribution in [2.24, 2.45) is 0 Å². The van der Waals surface area contributed by atoms with E-state index in [1.165, 1.54) is 5.56 Å². The molecule has 2 amide bonds. The van der Waals surface area contributed by atoms with E-state index in [-0.39, 0.29) is 12.1 Å². The summed E-state index contributed by atoms with van der Waals surface area (Å²) in [7, 11) is 0. The van der Waals surface area contributed by atoms with Crippen molar-refractivity contribution in [3.05, 3.63) is 78.4 Å². The van der Waals surface area contributed by atoms with Crippen molar-refractivity contribution >= 4 is 22.8 Å². The van der Waals surface area contributed by atoms with E-state index in [9.17, 15) is 4.79 Å². The number of benzene rings is 1. The van der Waals surface area contributed by atoms with E-state index in [0.717, 1.165) is 41.5 Å². The predicted molar refractivity (Wildman–Crippen MR) is 120 cm³/mol. The van der Waals surface area contributed by atoms with Gasteiger partial charge in [0, 0.05) is 29.2 Å². The van der Waals surface area contributed by atoms with E-state index in [1.807, 2.05) is 35.9 Å². The summed E-state index contributed by atoms with van der Waals surface area (Å²) < 4.78 is 1.82. The minimum Gasteiger partial charge on any atom is -0.334 e. The molecule has 0 unspecified atom stereocenters. The topological polar surface area (TPSA) is 84.7 Å². The van der Waals surface area contributed by atoms with Gasteiger partial charge < -0.3 is 5.32 Å². The number of aromatic nitrogens is 4. The summed E-state index contributed by atoms with van der Waals surface area (Å²) in [6, 6.07) is 16.0. The number of hydrogen-bond donors (Lipinski definition) is 2. The smallest absolute Gasteiger partial charge is 0.320 e. The molecule has 3 aromatic heterocycles. The molecular weight excluding hydrogens is 388 g/mol. The van der Waals surface area contributed by atoms with Gasteiger partial charge in [-0.05, 0) is 43.5 Å². The largest absolute Gasteiger partial charge is 0.334 e. The number of fused-ring (bicyclic) bond motifs is 1. The fourth-order valence-corrected chi connectivity index (χ4v) is 4.42. The number of nitrogens with zero attached hydrogens (tertiary/aromatic N) is 4. The Kier molecular flexibility index (Phi) is 5.08. The second-order valence-corrected chi connectivity index (χ2v) is 7.99. The first-order valence-electron chi connectivity index (χ1n) is 10.6. The predicted octanol–water partition coefficient (Wildman–Crippen LogP) is 4.58. The third-order valence-electron chi connectivity index (χ3n) is 5.88. The van der Waals surface area contributed by atoms with Gasteiger partial charge in [-0.15, -0.1) is 0 Å². The summed E-state index contributed by atoms with van der Waals surface area (Å²) in [5.41, 5.74) is 4.00. The molecule has 2 N–H and O–H groups in total. The second-order valence-electron chi connectivity index (χ2n) is 7.99. The number of carbonyl (C=O) groups excluding carboxylic acids is 1. The molecule has 1 aromatic carbocycles. The lowest BCUT2D eigenvalue weighted by molar-refractivity contribution is 0.247. The molecule has 0 saturated heterocycles. The Morgan fingerprint density at radius 1 is 1.06 bits per heavy atom. The van der Waals surface area contributed by atoms with Gasteiger partial charge in [0.05, 0.1) is 23.6 Å². The normalized spacial score (nSPS) is 18.2. The highest BCUT2D eigenvalue weighted by atomic mass is 16.2. The van der Waals surface area contributed by atoms with Crippen LogP contribution in [0.25, 0.3) is 16.6 Å². The van der Waals surface area contributed by atoms with Crippen molar-refractivity contribution in [2.45, 2.75) is 38.1 Å². The first-order valence-corrected chi connectivity index (χ1v) is 10.6. The summed E-state index contributed by atoms with van der Waals surface area (Å²) in [5.74, 6) is 0.856. The standard InChI is InChI=1S/C24H24N6O/c1-16-12-19(10-11-25-16)30-22-15-26-23(13-18(22)14-27-30)29-24(31)28-21-9-5-8-20(21)17-6-3-2-4-7-17/h2-4,6-7,10-15,20-21H,5,8-9H2,1H3,(H2,26,28,29,31)/t20-,21-/m0/s1. The van der Waals surface area contributed by atoms with Crippen LogP contribution in [0.15, 0.2) is 67.1 Å². The van der Waals surface area contributed by atoms with Crippen LogP contribution in [-0.4, -0.2) is 31.8 Å². The molecule has 0 aliphatic heterocycles. The van der Waals surface area contributed by atoms with Gasteiger partial charge in [0.25, 0.3) is 0 Å². The monoisotopic (exact) mass is 412 g/mol. The maximum absolute atomic E-state index is 12.7. The van der Waals surface area contributed by atoms with Gasteiger partial charge in [-0.3, -0.25) is 10.3 Å². The summed E-state index contributed by atoms with van der Waals surface area (Å²) in [6.45, 7) is 1.95. The maximum Gasteiger partial charge on any atom is 0.320 e. The molecule has 1 aliphatic carbocycles. The fourth-order valence-electron chi connectivity index (χ4n) is 4.42. The molecule has 31 heavy (non-hydrogen) atoms. The molecule has 156 valence electrons. The first-order chi connectivity index (χ1) is 15.2. The van der Waals surface area contributed by atoms with Crippen molar-refractivity contribution < 1.29 is 4.79 Å². The molecule has 4 aromatic rings. The van der Waals surface area contributed by atoms with E-state index in [2.05, 4.69) is 50.0 Å². The Hall–Kier alpha value is -3.74. The molecule has 3 heterocycles. The van der Waals surface area contributed by atoms with Gasteiger partial charge in [-0.1, -0.05) is 36.8 Å². The van der Waals surface area contributed by atoms with Gasteiger partial charge in [0.15, 0.2) is 0 Å². The van der Waals surface area contributed by atoms with Gasteiger partial charge in [-0.25, -0.2) is 14.5 Å². The van der Waals surface area contributed by atoms with Crippen LogP contribution in [0.2, 0.25) is 0 Å². The Bertz CT molecular complexity index is 1220. The minimum absolute atomic E-state index is 0.129. The number of rotatable bonds is 4. The summed E-state index contributed by atoms with van der Waals surface area (Å²) in [4.78, 5) is 21.3. The van der Waals surface area contributed by atoms with Gasteiger partial charge in [0.1, 0.15) is 5.82 Å². The van der Waals surface area contributed by atoms with Gasteiger partial charge >= 0.3 is 6.03 Å². The number of hydrogen-bond acceptors (Lipinski definition) is 4. The van der Waals surface area contributed by atoms with Crippen molar-refractivity contribution in [1.29, 1.82) is 0 Å². The Labute approximate surface area is 180 Å².